The van der Waals surface area contributed by atoms with E-state index in [9.17, 15) is 0 Å². The summed E-state index contributed by atoms with van der Waals surface area (Å²) < 4.78 is 0. The van der Waals surface area contributed by atoms with Crippen molar-refractivity contribution in [3.05, 3.63) is 24.3 Å². The number of hydrogen-bond donors (Lipinski definition) is 0. The monoisotopic (exact) mass is 349 g/mol. The van der Waals surface area contributed by atoms with Crippen molar-refractivity contribution in [2.75, 3.05) is 19.6 Å². The Morgan fingerprint density at radius 3 is 1.40 bits per heavy atom. The molecule has 0 atom stereocenters. The summed E-state index contributed by atoms with van der Waals surface area (Å²) in [5.74, 6) is 0. The molecular formula is C24H47N. The predicted molar refractivity (Wildman–Crippen MR) is 116 cm³/mol. The Morgan fingerprint density at radius 2 is 0.920 bits per heavy atom. The van der Waals surface area contributed by atoms with E-state index in [4.69, 9.17) is 0 Å². The van der Waals surface area contributed by atoms with Crippen LogP contribution in [0.25, 0.3) is 0 Å². The fourth-order valence-electron chi connectivity index (χ4n) is 3.22. The highest BCUT2D eigenvalue weighted by molar-refractivity contribution is 4.80. The molecule has 25 heavy (non-hydrogen) atoms. The molecule has 1 heteroatoms. The van der Waals surface area contributed by atoms with Crippen LogP contribution >= 0.6 is 0 Å². The normalized spacial score (nSPS) is 12.2. The highest BCUT2D eigenvalue weighted by atomic mass is 15.1. The van der Waals surface area contributed by atoms with E-state index in [1.165, 1.54) is 110 Å². The van der Waals surface area contributed by atoms with Crippen LogP contribution in [0.15, 0.2) is 24.3 Å². The quantitative estimate of drug-likeness (QED) is 0.169. The van der Waals surface area contributed by atoms with Crippen LogP contribution in [0.5, 0.6) is 0 Å². The van der Waals surface area contributed by atoms with Crippen LogP contribution in [0.1, 0.15) is 111 Å². The first-order valence-electron chi connectivity index (χ1n) is 11.4. The third-order valence-electron chi connectivity index (χ3n) is 4.82. The van der Waals surface area contributed by atoms with Gasteiger partial charge in [-0.1, -0.05) is 77.2 Å². The summed E-state index contributed by atoms with van der Waals surface area (Å²) >= 11 is 0. The van der Waals surface area contributed by atoms with Gasteiger partial charge in [-0.25, -0.2) is 0 Å². The molecule has 0 amide bonds. The lowest BCUT2D eigenvalue weighted by atomic mass is 10.1. The van der Waals surface area contributed by atoms with Gasteiger partial charge < -0.3 is 4.90 Å². The molecule has 0 spiro atoms. The molecule has 0 aromatic heterocycles. The molecule has 0 aliphatic heterocycles. The van der Waals surface area contributed by atoms with Gasteiger partial charge in [-0.15, -0.1) is 0 Å². The van der Waals surface area contributed by atoms with Gasteiger partial charge >= 0.3 is 0 Å². The van der Waals surface area contributed by atoms with E-state index in [-0.39, 0.29) is 0 Å². The number of allylic oxidation sites excluding steroid dienone is 4. The molecule has 0 saturated carbocycles. The minimum Gasteiger partial charge on any atom is -0.303 e. The van der Waals surface area contributed by atoms with Gasteiger partial charge in [-0.2, -0.15) is 0 Å². The van der Waals surface area contributed by atoms with Gasteiger partial charge in [-0.05, 0) is 77.4 Å². The van der Waals surface area contributed by atoms with Crippen LogP contribution < -0.4 is 0 Å². The molecular weight excluding hydrogens is 302 g/mol. The average Bonchev–Trinajstić information content (AvgIpc) is 2.63. The second kappa shape index (κ2) is 21.5. The summed E-state index contributed by atoms with van der Waals surface area (Å²) in [5, 5.41) is 0. The Kier molecular flexibility index (Phi) is 21.0. The summed E-state index contributed by atoms with van der Waals surface area (Å²) in [6.45, 7) is 10.7. The molecule has 0 aromatic rings. The number of rotatable bonds is 19. The molecule has 0 saturated heterocycles. The first-order valence-corrected chi connectivity index (χ1v) is 11.4. The van der Waals surface area contributed by atoms with Crippen molar-refractivity contribution in [3.8, 4) is 0 Å². The molecule has 0 fully saturated rings. The van der Waals surface area contributed by atoms with Crippen LogP contribution in [-0.2, 0) is 0 Å². The molecule has 0 aliphatic carbocycles. The lowest BCUT2D eigenvalue weighted by molar-refractivity contribution is 0.256. The third kappa shape index (κ3) is 19.6. The zero-order valence-electron chi connectivity index (χ0n) is 17.8. The van der Waals surface area contributed by atoms with Crippen molar-refractivity contribution < 1.29 is 0 Å². The zero-order valence-corrected chi connectivity index (χ0v) is 17.8. The van der Waals surface area contributed by atoms with Crippen molar-refractivity contribution in [2.24, 2.45) is 0 Å². The van der Waals surface area contributed by atoms with Crippen molar-refractivity contribution in [2.45, 2.75) is 111 Å². The predicted octanol–water partition coefficient (Wildman–Crippen LogP) is 7.92. The molecule has 0 aromatic carbocycles. The van der Waals surface area contributed by atoms with Gasteiger partial charge in [0.05, 0.1) is 0 Å². The molecule has 0 aliphatic rings. The van der Waals surface area contributed by atoms with Gasteiger partial charge in [0.25, 0.3) is 0 Å². The fraction of sp³-hybridized carbons (Fsp3) is 0.833. The topological polar surface area (TPSA) is 3.24 Å². The van der Waals surface area contributed by atoms with E-state index in [1.54, 1.807) is 0 Å². The van der Waals surface area contributed by atoms with Gasteiger partial charge in [0, 0.05) is 0 Å². The summed E-state index contributed by atoms with van der Waals surface area (Å²) in [7, 11) is 0. The first kappa shape index (κ1) is 24.4. The molecule has 1 nitrogen and oxygen atoms in total. The van der Waals surface area contributed by atoms with Gasteiger partial charge in [-0.3, -0.25) is 0 Å². The Bertz CT molecular complexity index is 270. The van der Waals surface area contributed by atoms with Crippen LogP contribution in [0, 0.1) is 0 Å². The zero-order chi connectivity index (χ0) is 18.4. The van der Waals surface area contributed by atoms with Gasteiger partial charge in [0.2, 0.25) is 0 Å². The van der Waals surface area contributed by atoms with E-state index >= 15 is 0 Å². The van der Waals surface area contributed by atoms with Crippen LogP contribution in [0.2, 0.25) is 0 Å². The molecule has 0 unspecified atom stereocenters. The standard InChI is InChI=1S/C24H47N/c1-4-7-10-13-16-19-22-25(23-20-17-14-11-8-5-2)24-21-18-15-12-9-6-3/h7-8,10-11H,4-6,9,12-24H2,1-3H3/b10-7+,11-8+. The van der Waals surface area contributed by atoms with Crippen molar-refractivity contribution in [3.63, 3.8) is 0 Å². The smallest absolute Gasteiger partial charge is 0.00186 e. The highest BCUT2D eigenvalue weighted by Crippen LogP contribution is 2.09. The summed E-state index contributed by atoms with van der Waals surface area (Å²) in [6, 6.07) is 0. The maximum atomic E-state index is 2.74. The van der Waals surface area contributed by atoms with Crippen molar-refractivity contribution in [1.29, 1.82) is 0 Å². The Balaban J connectivity index is 3.87. The highest BCUT2D eigenvalue weighted by Gasteiger charge is 2.04. The maximum absolute atomic E-state index is 2.74. The van der Waals surface area contributed by atoms with E-state index < -0.39 is 0 Å². The molecule has 0 rings (SSSR count). The minimum absolute atomic E-state index is 1.18. The van der Waals surface area contributed by atoms with E-state index in [0.717, 1.165) is 0 Å². The summed E-state index contributed by atoms with van der Waals surface area (Å²) in [6.07, 6.45) is 28.1. The lowest BCUT2D eigenvalue weighted by Crippen LogP contribution is -2.27. The summed E-state index contributed by atoms with van der Waals surface area (Å²) in [5.41, 5.74) is 0. The van der Waals surface area contributed by atoms with Crippen molar-refractivity contribution >= 4 is 0 Å². The fourth-order valence-corrected chi connectivity index (χ4v) is 3.22. The molecule has 0 bridgehead atoms. The Labute approximate surface area is 160 Å². The molecule has 0 heterocycles. The van der Waals surface area contributed by atoms with E-state index in [2.05, 4.69) is 50.0 Å². The number of unbranched alkanes of at least 4 members (excludes halogenated alkanes) is 9. The Morgan fingerprint density at radius 1 is 0.480 bits per heavy atom. The van der Waals surface area contributed by atoms with Crippen LogP contribution in [0.4, 0.5) is 0 Å². The summed E-state index contributed by atoms with van der Waals surface area (Å²) in [4.78, 5) is 2.74. The largest absolute Gasteiger partial charge is 0.303 e. The molecule has 0 N–H and O–H groups in total. The third-order valence-corrected chi connectivity index (χ3v) is 4.82. The second-order valence-electron chi connectivity index (χ2n) is 7.36. The lowest BCUT2D eigenvalue weighted by Gasteiger charge is -2.22. The number of nitrogens with zero attached hydrogens (tertiary/aromatic N) is 1. The average molecular weight is 350 g/mol. The Hall–Kier alpha value is -0.560. The van der Waals surface area contributed by atoms with E-state index in [1.807, 2.05) is 0 Å². The van der Waals surface area contributed by atoms with Gasteiger partial charge in [0.1, 0.15) is 0 Å². The second-order valence-corrected chi connectivity index (χ2v) is 7.36. The van der Waals surface area contributed by atoms with Gasteiger partial charge in [0.15, 0.2) is 0 Å². The van der Waals surface area contributed by atoms with Crippen molar-refractivity contribution in [1.82, 2.24) is 4.90 Å². The van der Waals surface area contributed by atoms with Crippen LogP contribution in [0.3, 0.4) is 0 Å². The molecule has 0 radical (unpaired) electrons. The van der Waals surface area contributed by atoms with Crippen LogP contribution in [-0.4, -0.2) is 24.5 Å². The maximum Gasteiger partial charge on any atom is -0.00186 e. The minimum atomic E-state index is 1.18. The van der Waals surface area contributed by atoms with E-state index in [0.29, 0.717) is 0 Å². The first-order chi connectivity index (χ1) is 12.3. The number of hydrogen-bond acceptors (Lipinski definition) is 1. The SMILES string of the molecule is CC/C=C/CCCCN(CCCC/C=C/CC)CCCCCCCC. The molecule has 148 valence electrons.